The number of hydrogen-bond acceptors (Lipinski definition) is 2. The molecule has 0 aliphatic carbocycles. The molecule has 0 aliphatic rings. The SMILES string of the molecule is c1ccc(-n2c3ccccc3c3cc(-c4c5sc6ccccc6c5nc5ccc6ccccc6c45)ccc32)cc1. The summed E-state index contributed by atoms with van der Waals surface area (Å²) in [6.45, 7) is 0. The highest BCUT2D eigenvalue weighted by atomic mass is 32.1. The third-order valence-corrected chi connectivity index (χ3v) is 9.34. The highest BCUT2D eigenvalue weighted by Gasteiger charge is 2.20. The maximum absolute atomic E-state index is 5.26. The van der Waals surface area contributed by atoms with Gasteiger partial charge in [-0.05, 0) is 58.8 Å². The third-order valence-electron chi connectivity index (χ3n) is 8.16. The first-order chi connectivity index (χ1) is 19.8. The first-order valence-electron chi connectivity index (χ1n) is 13.6. The van der Waals surface area contributed by atoms with Gasteiger partial charge < -0.3 is 4.57 Å². The van der Waals surface area contributed by atoms with Crippen LogP contribution in [0.5, 0.6) is 0 Å². The normalized spacial score (nSPS) is 12.0. The second kappa shape index (κ2) is 8.25. The Morgan fingerprint density at radius 2 is 1.27 bits per heavy atom. The van der Waals surface area contributed by atoms with Crippen LogP contribution >= 0.6 is 11.3 Å². The molecule has 40 heavy (non-hydrogen) atoms. The number of hydrogen-bond donors (Lipinski definition) is 0. The van der Waals surface area contributed by atoms with E-state index in [0.29, 0.717) is 0 Å². The number of nitrogens with zero attached hydrogens (tertiary/aromatic N) is 2. The lowest BCUT2D eigenvalue weighted by atomic mass is 9.94. The van der Waals surface area contributed by atoms with Crippen LogP contribution < -0.4 is 0 Å². The van der Waals surface area contributed by atoms with Crippen molar-refractivity contribution in [2.45, 2.75) is 0 Å². The summed E-state index contributed by atoms with van der Waals surface area (Å²) in [6.07, 6.45) is 0. The van der Waals surface area contributed by atoms with E-state index in [4.69, 9.17) is 4.98 Å². The highest BCUT2D eigenvalue weighted by molar-refractivity contribution is 7.26. The summed E-state index contributed by atoms with van der Waals surface area (Å²) in [4.78, 5) is 5.26. The van der Waals surface area contributed by atoms with E-state index in [1.54, 1.807) is 0 Å². The lowest BCUT2D eigenvalue weighted by Gasteiger charge is -2.13. The Bertz CT molecular complexity index is 2430. The van der Waals surface area contributed by atoms with Crippen LogP contribution in [0, 0.1) is 0 Å². The van der Waals surface area contributed by atoms with E-state index in [0.717, 1.165) is 11.0 Å². The Morgan fingerprint density at radius 3 is 2.17 bits per heavy atom. The molecule has 186 valence electrons. The quantitative estimate of drug-likeness (QED) is 0.205. The molecule has 0 fully saturated rings. The van der Waals surface area contributed by atoms with Gasteiger partial charge in [0.25, 0.3) is 0 Å². The molecule has 3 aromatic heterocycles. The Hall–Kier alpha value is -4.99. The molecular weight excluding hydrogens is 504 g/mol. The summed E-state index contributed by atoms with van der Waals surface area (Å²) in [6, 6.07) is 48.1. The number of pyridine rings is 1. The topological polar surface area (TPSA) is 17.8 Å². The zero-order valence-corrected chi connectivity index (χ0v) is 22.3. The standard InChI is InChI=1S/C37H22N2S/c1-2-11-25(12-3-1)39-31-16-8-6-14-27(31)29-22-24(19-21-32(29)39)34-35-26-13-5-4-10-23(26)18-20-30(35)38-36-28-15-7-9-17-33(28)40-37(34)36/h1-22H. The number of aromatic nitrogens is 2. The van der Waals surface area contributed by atoms with Gasteiger partial charge in [0.2, 0.25) is 0 Å². The Kier molecular flexibility index (Phi) is 4.52. The van der Waals surface area contributed by atoms with E-state index in [2.05, 4.69) is 138 Å². The molecule has 0 N–H and O–H groups in total. The lowest BCUT2D eigenvalue weighted by molar-refractivity contribution is 1.18. The molecular formula is C37H22N2S. The molecule has 0 atom stereocenters. The maximum Gasteiger partial charge on any atom is 0.0902 e. The predicted molar refractivity (Wildman–Crippen MR) is 172 cm³/mol. The van der Waals surface area contributed by atoms with E-state index < -0.39 is 0 Å². The zero-order chi connectivity index (χ0) is 26.2. The Labute approximate surface area is 234 Å². The molecule has 6 aromatic carbocycles. The molecule has 0 bridgehead atoms. The van der Waals surface area contributed by atoms with Gasteiger partial charge in [0.05, 0.1) is 26.8 Å². The fraction of sp³-hybridized carbons (Fsp3) is 0. The van der Waals surface area contributed by atoms with Crippen molar-refractivity contribution in [2.24, 2.45) is 0 Å². The first-order valence-corrected chi connectivity index (χ1v) is 14.4. The van der Waals surface area contributed by atoms with Crippen LogP contribution in [0.15, 0.2) is 133 Å². The minimum Gasteiger partial charge on any atom is -0.309 e. The van der Waals surface area contributed by atoms with Crippen LogP contribution in [-0.2, 0) is 0 Å². The second-order valence-corrected chi connectivity index (χ2v) is 11.4. The monoisotopic (exact) mass is 526 g/mol. The summed E-state index contributed by atoms with van der Waals surface area (Å²) in [7, 11) is 0. The molecule has 2 nitrogen and oxygen atoms in total. The van der Waals surface area contributed by atoms with Crippen LogP contribution in [0.25, 0.3) is 80.6 Å². The minimum atomic E-state index is 1.04. The van der Waals surface area contributed by atoms with Crippen molar-refractivity contribution in [2.75, 3.05) is 0 Å². The van der Waals surface area contributed by atoms with E-state index in [9.17, 15) is 0 Å². The van der Waals surface area contributed by atoms with Crippen molar-refractivity contribution in [3.8, 4) is 16.8 Å². The van der Waals surface area contributed by atoms with Gasteiger partial charge in [-0.15, -0.1) is 11.3 Å². The minimum absolute atomic E-state index is 1.04. The van der Waals surface area contributed by atoms with Crippen LogP contribution in [0.3, 0.4) is 0 Å². The number of fused-ring (bicyclic) bond motifs is 9. The Balaban J connectivity index is 1.46. The molecule has 9 aromatic rings. The average Bonchev–Trinajstić information content (AvgIpc) is 3.55. The van der Waals surface area contributed by atoms with Crippen molar-refractivity contribution >= 4 is 75.1 Å². The summed E-state index contributed by atoms with van der Waals surface area (Å²) >= 11 is 1.85. The molecule has 0 spiro atoms. The molecule has 0 amide bonds. The van der Waals surface area contributed by atoms with Gasteiger partial charge >= 0.3 is 0 Å². The zero-order valence-electron chi connectivity index (χ0n) is 21.5. The van der Waals surface area contributed by atoms with Gasteiger partial charge in [-0.25, -0.2) is 4.98 Å². The predicted octanol–water partition coefficient (Wildman–Crippen LogP) is 10.5. The molecule has 0 saturated heterocycles. The van der Waals surface area contributed by atoms with Crippen LogP contribution in [-0.4, -0.2) is 9.55 Å². The van der Waals surface area contributed by atoms with E-state index in [-0.39, 0.29) is 0 Å². The summed E-state index contributed by atoms with van der Waals surface area (Å²) in [5.74, 6) is 0. The van der Waals surface area contributed by atoms with E-state index >= 15 is 0 Å². The van der Waals surface area contributed by atoms with Gasteiger partial charge in [-0.1, -0.05) is 91.0 Å². The van der Waals surface area contributed by atoms with E-state index in [1.165, 1.54) is 69.6 Å². The largest absolute Gasteiger partial charge is 0.309 e. The van der Waals surface area contributed by atoms with Crippen molar-refractivity contribution < 1.29 is 0 Å². The van der Waals surface area contributed by atoms with Gasteiger partial charge in [0, 0.05) is 37.5 Å². The fourth-order valence-electron chi connectivity index (χ4n) is 6.42. The smallest absolute Gasteiger partial charge is 0.0902 e. The molecule has 0 unspecified atom stereocenters. The van der Waals surface area contributed by atoms with Gasteiger partial charge in [0.15, 0.2) is 0 Å². The number of para-hydroxylation sites is 2. The maximum atomic E-state index is 5.26. The summed E-state index contributed by atoms with van der Waals surface area (Å²) < 4.78 is 4.90. The third kappa shape index (κ3) is 3.01. The molecule has 0 radical (unpaired) electrons. The molecule has 3 heteroatoms. The highest BCUT2D eigenvalue weighted by Crippen LogP contribution is 2.46. The second-order valence-electron chi connectivity index (χ2n) is 10.4. The van der Waals surface area contributed by atoms with Crippen LogP contribution in [0.4, 0.5) is 0 Å². The van der Waals surface area contributed by atoms with Crippen LogP contribution in [0.1, 0.15) is 0 Å². The average molecular weight is 527 g/mol. The molecule has 0 aliphatic heterocycles. The van der Waals surface area contributed by atoms with Crippen molar-refractivity contribution in [1.82, 2.24) is 9.55 Å². The van der Waals surface area contributed by atoms with Crippen molar-refractivity contribution in [3.05, 3.63) is 133 Å². The van der Waals surface area contributed by atoms with Crippen LogP contribution in [0.2, 0.25) is 0 Å². The molecule has 9 rings (SSSR count). The number of benzene rings is 6. The number of rotatable bonds is 2. The first kappa shape index (κ1) is 21.9. The summed E-state index contributed by atoms with van der Waals surface area (Å²) in [5.41, 5.74) is 8.24. The van der Waals surface area contributed by atoms with Gasteiger partial charge in [-0.2, -0.15) is 0 Å². The number of thiophene rings is 1. The van der Waals surface area contributed by atoms with Crippen molar-refractivity contribution in [3.63, 3.8) is 0 Å². The Morgan fingerprint density at radius 1 is 0.550 bits per heavy atom. The van der Waals surface area contributed by atoms with Crippen molar-refractivity contribution in [1.29, 1.82) is 0 Å². The molecule has 0 saturated carbocycles. The van der Waals surface area contributed by atoms with Gasteiger partial charge in [-0.3, -0.25) is 0 Å². The van der Waals surface area contributed by atoms with E-state index in [1.807, 2.05) is 11.3 Å². The van der Waals surface area contributed by atoms with Gasteiger partial charge in [0.1, 0.15) is 0 Å². The summed E-state index contributed by atoms with van der Waals surface area (Å²) in [5, 5.41) is 7.45. The lowest BCUT2D eigenvalue weighted by Crippen LogP contribution is -1.93. The molecule has 3 heterocycles. The fourth-order valence-corrected chi connectivity index (χ4v) is 7.64.